The first-order chi connectivity index (χ1) is 19.0. The van der Waals surface area contributed by atoms with E-state index in [-0.39, 0.29) is 35.9 Å². The van der Waals surface area contributed by atoms with E-state index in [0.717, 1.165) is 19.3 Å². The fraction of sp³-hybridized carbons (Fsp3) is 0.700. The zero-order valence-corrected chi connectivity index (χ0v) is 24.6. The van der Waals surface area contributed by atoms with Gasteiger partial charge >= 0.3 is 5.97 Å². The Morgan fingerprint density at radius 3 is 2.52 bits per heavy atom. The summed E-state index contributed by atoms with van der Waals surface area (Å²) in [6, 6.07) is 3.43. The summed E-state index contributed by atoms with van der Waals surface area (Å²) in [5, 5.41) is 32.8. The molecule has 3 fully saturated rings. The lowest BCUT2D eigenvalue weighted by atomic mass is 9.75. The Hall–Kier alpha value is -2.46. The quantitative estimate of drug-likeness (QED) is 0.273. The standard InChI is InChI=1S/C30H44N2O7S/c1-18(2)21-8-6-19(3)15-26(21)39-28(37)22-5-4-12-32(22)29(38)30(10-13-40-14-11-30)31-27(36)25(35)17-20-7-9-23(33)24(34)16-20/h7,9,16,18-19,21-22,25-26,33-35H,4-6,8,10-15,17H2,1-3H3,(H,31,36)/t19-,21?,22?,25?,26-/m1/s1. The van der Waals surface area contributed by atoms with Gasteiger partial charge in [-0.1, -0.05) is 33.3 Å². The van der Waals surface area contributed by atoms with E-state index in [1.54, 1.807) is 16.7 Å². The second kappa shape index (κ2) is 13.0. The van der Waals surface area contributed by atoms with Crippen molar-refractivity contribution in [2.24, 2.45) is 17.8 Å². The molecule has 1 aromatic carbocycles. The number of rotatable bonds is 8. The van der Waals surface area contributed by atoms with Gasteiger partial charge in [0.15, 0.2) is 11.5 Å². The molecule has 1 aliphatic carbocycles. The minimum atomic E-state index is -1.45. The van der Waals surface area contributed by atoms with Gasteiger partial charge in [-0.15, -0.1) is 0 Å². The Bertz CT molecular complexity index is 1070. The molecular formula is C30H44N2O7S. The highest BCUT2D eigenvalue weighted by Crippen LogP contribution is 2.37. The third kappa shape index (κ3) is 6.87. The normalized spacial score (nSPS) is 27.3. The van der Waals surface area contributed by atoms with Gasteiger partial charge in [-0.25, -0.2) is 4.79 Å². The molecule has 9 nitrogen and oxygen atoms in total. The van der Waals surface area contributed by atoms with Gasteiger partial charge in [-0.2, -0.15) is 11.8 Å². The number of benzene rings is 1. The van der Waals surface area contributed by atoms with Crippen LogP contribution < -0.4 is 5.32 Å². The molecule has 222 valence electrons. The van der Waals surface area contributed by atoms with E-state index in [0.29, 0.717) is 67.1 Å². The van der Waals surface area contributed by atoms with E-state index in [1.165, 1.54) is 18.2 Å². The summed E-state index contributed by atoms with van der Waals surface area (Å²) in [5.74, 6) is 0.609. The summed E-state index contributed by atoms with van der Waals surface area (Å²) in [7, 11) is 0. The molecule has 5 atom stereocenters. The molecule has 2 amide bonds. The van der Waals surface area contributed by atoms with E-state index in [2.05, 4.69) is 26.1 Å². The first kappa shape index (κ1) is 30.5. The third-order valence-electron chi connectivity index (χ3n) is 8.90. The van der Waals surface area contributed by atoms with E-state index in [1.807, 2.05) is 0 Å². The lowest BCUT2D eigenvalue weighted by Gasteiger charge is -2.41. The molecule has 1 aromatic rings. The molecule has 0 bridgehead atoms. The predicted molar refractivity (Wildman–Crippen MR) is 153 cm³/mol. The van der Waals surface area contributed by atoms with Gasteiger partial charge in [0.1, 0.15) is 23.8 Å². The molecule has 2 heterocycles. The molecule has 2 aliphatic heterocycles. The number of phenolic OH excluding ortho intramolecular Hbond substituents is 2. The van der Waals surface area contributed by atoms with Crippen LogP contribution in [0.5, 0.6) is 11.5 Å². The van der Waals surface area contributed by atoms with Crippen molar-refractivity contribution < 1.29 is 34.4 Å². The van der Waals surface area contributed by atoms with Gasteiger partial charge in [0.25, 0.3) is 0 Å². The summed E-state index contributed by atoms with van der Waals surface area (Å²) >= 11 is 1.70. The number of aliphatic hydroxyl groups is 1. The predicted octanol–water partition coefficient (Wildman–Crippen LogP) is 3.38. The molecule has 3 aliphatic rings. The van der Waals surface area contributed by atoms with Crippen LogP contribution in [-0.2, 0) is 25.5 Å². The van der Waals surface area contributed by atoms with Crippen LogP contribution in [0.4, 0.5) is 0 Å². The third-order valence-corrected chi connectivity index (χ3v) is 9.89. The number of thioether (sulfide) groups is 1. The first-order valence-electron chi connectivity index (χ1n) is 14.6. The van der Waals surface area contributed by atoms with E-state index >= 15 is 0 Å². The molecule has 0 spiro atoms. The Labute approximate surface area is 241 Å². The summed E-state index contributed by atoms with van der Waals surface area (Å²) in [6.07, 6.45) is 3.33. The molecule has 40 heavy (non-hydrogen) atoms. The van der Waals surface area contributed by atoms with Crippen LogP contribution >= 0.6 is 11.8 Å². The summed E-state index contributed by atoms with van der Waals surface area (Å²) in [4.78, 5) is 42.3. The highest BCUT2D eigenvalue weighted by Gasteiger charge is 2.49. The van der Waals surface area contributed by atoms with E-state index in [9.17, 15) is 29.7 Å². The van der Waals surface area contributed by atoms with Crippen molar-refractivity contribution in [1.29, 1.82) is 0 Å². The second-order valence-corrected chi connectivity index (χ2v) is 13.4. The molecule has 10 heteroatoms. The average molecular weight is 577 g/mol. The Morgan fingerprint density at radius 2 is 1.85 bits per heavy atom. The Balaban J connectivity index is 1.46. The maximum absolute atomic E-state index is 14.1. The summed E-state index contributed by atoms with van der Waals surface area (Å²) in [6.45, 7) is 6.95. The number of hydrogen-bond acceptors (Lipinski definition) is 8. The molecule has 1 saturated carbocycles. The molecule has 3 unspecified atom stereocenters. The molecule has 4 rings (SSSR count). The molecule has 0 aromatic heterocycles. The number of carbonyl (C=O) groups excluding carboxylic acids is 3. The van der Waals surface area contributed by atoms with Gasteiger partial charge in [0, 0.05) is 13.0 Å². The van der Waals surface area contributed by atoms with Crippen LogP contribution in [0.3, 0.4) is 0 Å². The smallest absolute Gasteiger partial charge is 0.329 e. The fourth-order valence-corrected chi connectivity index (χ4v) is 7.64. The Morgan fingerprint density at radius 1 is 1.12 bits per heavy atom. The van der Waals surface area contributed by atoms with Crippen LogP contribution in [-0.4, -0.2) is 79.8 Å². The zero-order valence-electron chi connectivity index (χ0n) is 23.8. The SMILES string of the molecule is CC(C)C1CC[C@@H](C)C[C@H]1OC(=O)C1CCCN1C(=O)C1(NC(=O)C(O)Cc2ccc(O)c(O)c2)CCSCC1. The van der Waals surface area contributed by atoms with Crippen LogP contribution in [0.2, 0.25) is 0 Å². The van der Waals surface area contributed by atoms with Crippen LogP contribution in [0, 0.1) is 17.8 Å². The van der Waals surface area contributed by atoms with Crippen molar-refractivity contribution in [3.63, 3.8) is 0 Å². The average Bonchev–Trinajstić information content (AvgIpc) is 3.41. The summed E-state index contributed by atoms with van der Waals surface area (Å²) < 4.78 is 6.12. The second-order valence-electron chi connectivity index (χ2n) is 12.2. The van der Waals surface area contributed by atoms with E-state index < -0.39 is 23.6 Å². The van der Waals surface area contributed by atoms with Gasteiger partial charge in [0.2, 0.25) is 11.8 Å². The largest absolute Gasteiger partial charge is 0.504 e. The number of aliphatic hydroxyl groups excluding tert-OH is 1. The Kier molecular flexibility index (Phi) is 9.93. The van der Waals surface area contributed by atoms with Gasteiger partial charge in [0.05, 0.1) is 0 Å². The van der Waals surface area contributed by atoms with Crippen molar-refractivity contribution in [1.82, 2.24) is 10.2 Å². The number of hydrogen-bond donors (Lipinski definition) is 4. The van der Waals surface area contributed by atoms with Crippen molar-refractivity contribution in [2.75, 3.05) is 18.1 Å². The topological polar surface area (TPSA) is 136 Å². The number of carbonyl (C=O) groups is 3. The van der Waals surface area contributed by atoms with Gasteiger partial charge < -0.3 is 30.3 Å². The van der Waals surface area contributed by atoms with Crippen LogP contribution in [0.1, 0.15) is 71.3 Å². The minimum Gasteiger partial charge on any atom is -0.504 e. The minimum absolute atomic E-state index is 0.0891. The molecular weight excluding hydrogens is 532 g/mol. The number of phenols is 2. The number of aromatic hydroxyl groups is 2. The van der Waals surface area contributed by atoms with Gasteiger partial charge in [-0.05, 0) is 85.5 Å². The van der Waals surface area contributed by atoms with Crippen molar-refractivity contribution in [3.8, 4) is 11.5 Å². The molecule has 2 saturated heterocycles. The highest BCUT2D eigenvalue weighted by atomic mass is 32.2. The van der Waals surface area contributed by atoms with Crippen molar-refractivity contribution >= 4 is 29.5 Å². The van der Waals surface area contributed by atoms with E-state index in [4.69, 9.17) is 4.74 Å². The lowest BCUT2D eigenvalue weighted by molar-refractivity contribution is -0.165. The number of nitrogens with zero attached hydrogens (tertiary/aromatic N) is 1. The van der Waals surface area contributed by atoms with Gasteiger partial charge in [-0.3, -0.25) is 9.59 Å². The fourth-order valence-electron chi connectivity index (χ4n) is 6.45. The van der Waals surface area contributed by atoms with Crippen LogP contribution in [0.15, 0.2) is 18.2 Å². The summed E-state index contributed by atoms with van der Waals surface area (Å²) in [5.41, 5.74) is -0.736. The number of esters is 1. The zero-order chi connectivity index (χ0) is 29.0. The monoisotopic (exact) mass is 576 g/mol. The number of likely N-dealkylation sites (tertiary alicyclic amines) is 1. The maximum Gasteiger partial charge on any atom is 0.329 e. The number of nitrogens with one attached hydrogen (secondary N) is 1. The van der Waals surface area contributed by atoms with Crippen molar-refractivity contribution in [2.45, 2.75) is 95.9 Å². The highest BCUT2D eigenvalue weighted by molar-refractivity contribution is 7.99. The first-order valence-corrected chi connectivity index (χ1v) is 15.8. The number of ether oxygens (including phenoxy) is 1. The maximum atomic E-state index is 14.1. The van der Waals surface area contributed by atoms with Crippen molar-refractivity contribution in [3.05, 3.63) is 23.8 Å². The number of amides is 2. The lowest BCUT2D eigenvalue weighted by Crippen LogP contribution is -2.64. The molecule has 4 N–H and O–H groups in total. The van der Waals surface area contributed by atoms with Crippen LogP contribution in [0.25, 0.3) is 0 Å². The molecule has 0 radical (unpaired) electrons.